The summed E-state index contributed by atoms with van der Waals surface area (Å²) in [6.07, 6.45) is 8.01. The maximum absolute atomic E-state index is 12.4. The normalized spacial score (nSPS) is 27.6. The summed E-state index contributed by atoms with van der Waals surface area (Å²) in [7, 11) is -1.46. The van der Waals surface area contributed by atoms with E-state index in [1.165, 1.54) is 0 Å². The maximum atomic E-state index is 12.4. The van der Waals surface area contributed by atoms with Crippen LogP contribution in [-0.4, -0.2) is 77.1 Å². The van der Waals surface area contributed by atoms with Crippen molar-refractivity contribution in [2.75, 3.05) is 32.7 Å². The lowest BCUT2D eigenvalue weighted by atomic mass is 9.78. The van der Waals surface area contributed by atoms with Crippen molar-refractivity contribution in [1.82, 2.24) is 15.1 Å². The Bertz CT molecular complexity index is 538. The van der Waals surface area contributed by atoms with E-state index >= 15 is 0 Å². The smallest absolute Gasteiger partial charge is 0.426 e. The average molecular weight is 347 g/mol. The molecule has 2 unspecified atom stereocenters. The van der Waals surface area contributed by atoms with Gasteiger partial charge in [0.1, 0.15) is 0 Å². The molecule has 6 nitrogen and oxygen atoms in total. The molecule has 0 radical (unpaired) electrons. The van der Waals surface area contributed by atoms with Gasteiger partial charge in [-0.2, -0.15) is 0 Å². The third-order valence-electron chi connectivity index (χ3n) is 5.18. The number of hydrogen-bond acceptors (Lipinski definition) is 5. The van der Waals surface area contributed by atoms with Gasteiger partial charge in [0.05, 0.1) is 12.5 Å². The van der Waals surface area contributed by atoms with Crippen molar-refractivity contribution in [2.24, 2.45) is 0 Å². The largest absolute Gasteiger partial charge is 0.475 e. The van der Waals surface area contributed by atoms with Gasteiger partial charge in [-0.1, -0.05) is 31.4 Å². The molecule has 3 N–H and O–H groups in total. The Kier molecular flexibility index (Phi) is 7.01. The molecule has 1 amide bonds. The van der Waals surface area contributed by atoms with Crippen LogP contribution < -0.4 is 5.32 Å². The molecule has 2 atom stereocenters. The van der Waals surface area contributed by atoms with Crippen LogP contribution in [0.25, 0.3) is 0 Å². The Balaban J connectivity index is 1.84. The van der Waals surface area contributed by atoms with Gasteiger partial charge in [-0.25, -0.2) is 0 Å². The lowest BCUT2D eigenvalue weighted by molar-refractivity contribution is -0.130. The molecular formula is C18H30BN3O3. The van der Waals surface area contributed by atoms with E-state index < -0.39 is 13.1 Å². The summed E-state index contributed by atoms with van der Waals surface area (Å²) in [5.74, 6) is -0.532. The fourth-order valence-electron chi connectivity index (χ4n) is 3.73. The van der Waals surface area contributed by atoms with Gasteiger partial charge in [0.2, 0.25) is 5.91 Å². The number of amides is 1. The summed E-state index contributed by atoms with van der Waals surface area (Å²) in [5.41, 5.74) is 1.01. The van der Waals surface area contributed by atoms with Gasteiger partial charge in [0.15, 0.2) is 0 Å². The number of hydrogen-bond donors (Lipinski definition) is 3. The Hall–Kier alpha value is -1.41. The van der Waals surface area contributed by atoms with Crippen LogP contribution in [0.5, 0.6) is 0 Å². The Morgan fingerprint density at radius 1 is 1.40 bits per heavy atom. The van der Waals surface area contributed by atoms with E-state index in [-0.39, 0.29) is 18.0 Å². The summed E-state index contributed by atoms with van der Waals surface area (Å²) in [4.78, 5) is 16.4. The van der Waals surface area contributed by atoms with Gasteiger partial charge in [-0.15, -0.1) is 0 Å². The predicted molar refractivity (Wildman–Crippen MR) is 101 cm³/mol. The second-order valence-corrected chi connectivity index (χ2v) is 7.27. The van der Waals surface area contributed by atoms with Gasteiger partial charge in [0.25, 0.3) is 0 Å². The number of allylic oxidation sites excluding steroid dienone is 2. The highest BCUT2D eigenvalue weighted by atomic mass is 16.4. The van der Waals surface area contributed by atoms with Crippen LogP contribution >= 0.6 is 0 Å². The number of nitrogens with one attached hydrogen (secondary N) is 1. The van der Waals surface area contributed by atoms with Gasteiger partial charge < -0.3 is 20.3 Å². The molecule has 0 aromatic rings. The number of carbonyl (C=O) groups excluding carboxylic acids is 1. The topological polar surface area (TPSA) is 76.0 Å². The minimum absolute atomic E-state index is 0.0615. The minimum Gasteiger partial charge on any atom is -0.426 e. The van der Waals surface area contributed by atoms with E-state index in [0.29, 0.717) is 13.0 Å². The summed E-state index contributed by atoms with van der Waals surface area (Å²) in [5, 5.41) is 22.2. The van der Waals surface area contributed by atoms with E-state index in [9.17, 15) is 14.8 Å². The lowest BCUT2D eigenvalue weighted by Gasteiger charge is -2.29. The molecule has 0 aromatic carbocycles. The molecule has 2 rings (SSSR count). The summed E-state index contributed by atoms with van der Waals surface area (Å²) in [6, 6.07) is 0. The number of rotatable bonds is 8. The molecule has 0 spiro atoms. The molecule has 0 aromatic heterocycles. The molecule has 0 bridgehead atoms. The Morgan fingerprint density at radius 3 is 2.80 bits per heavy atom. The van der Waals surface area contributed by atoms with Crippen LogP contribution in [0.4, 0.5) is 0 Å². The van der Waals surface area contributed by atoms with Crippen molar-refractivity contribution in [3.8, 4) is 0 Å². The molecule has 2 heterocycles. The van der Waals surface area contributed by atoms with E-state index in [1.807, 2.05) is 12.2 Å². The van der Waals surface area contributed by atoms with Crippen molar-refractivity contribution in [3.63, 3.8) is 0 Å². The van der Waals surface area contributed by atoms with Crippen molar-refractivity contribution in [1.29, 1.82) is 0 Å². The Morgan fingerprint density at radius 2 is 2.16 bits per heavy atom. The number of likely N-dealkylation sites (tertiary alicyclic amines) is 2. The van der Waals surface area contributed by atoms with Crippen LogP contribution in [0, 0.1) is 0 Å². The summed E-state index contributed by atoms with van der Waals surface area (Å²) in [6.45, 7) is 13.2. The van der Waals surface area contributed by atoms with Crippen LogP contribution in [0.1, 0.15) is 26.2 Å². The predicted octanol–water partition coefficient (Wildman–Crippen LogP) is 0.342. The molecule has 0 saturated carbocycles. The van der Waals surface area contributed by atoms with Crippen LogP contribution in [-0.2, 0) is 4.79 Å². The van der Waals surface area contributed by atoms with Gasteiger partial charge >= 0.3 is 7.12 Å². The second-order valence-electron chi connectivity index (χ2n) is 7.27. The molecule has 138 valence electrons. The van der Waals surface area contributed by atoms with Crippen LogP contribution in [0.2, 0.25) is 0 Å². The molecule has 2 aliphatic rings. The number of carbonyl (C=O) groups is 1. The van der Waals surface area contributed by atoms with Gasteiger partial charge in [0, 0.05) is 31.7 Å². The molecule has 25 heavy (non-hydrogen) atoms. The fraction of sp³-hybridized carbons (Fsp3) is 0.611. The quantitative estimate of drug-likeness (QED) is 0.436. The van der Waals surface area contributed by atoms with E-state index in [2.05, 4.69) is 30.3 Å². The third-order valence-corrected chi connectivity index (χ3v) is 5.18. The molecule has 2 saturated heterocycles. The molecule has 7 heteroatoms. The SMILES string of the molecule is C=C/C=C(\C=C)CN1CCC(C)(NCC(=O)N2CCCC2B(O)O)C1. The highest BCUT2D eigenvalue weighted by molar-refractivity contribution is 6.43. The van der Waals surface area contributed by atoms with Gasteiger partial charge in [-0.3, -0.25) is 9.69 Å². The zero-order valence-corrected chi connectivity index (χ0v) is 15.2. The van der Waals surface area contributed by atoms with Crippen molar-refractivity contribution in [3.05, 3.63) is 37.0 Å². The summed E-state index contributed by atoms with van der Waals surface area (Å²) >= 11 is 0. The standard InChI is InChI=1S/C18H30BN3O3/c1-4-7-15(5-2)13-21-11-9-18(3,14-21)20-12-17(23)22-10-6-8-16(22)19(24)25/h4-5,7,16,20,24-25H,1-2,6,8-14H2,3H3/b15-7+. The van der Waals surface area contributed by atoms with Crippen molar-refractivity contribution in [2.45, 2.75) is 37.7 Å². The van der Waals surface area contributed by atoms with Crippen molar-refractivity contribution >= 4 is 13.0 Å². The maximum Gasteiger partial charge on any atom is 0.475 e. The van der Waals surface area contributed by atoms with Gasteiger partial charge in [-0.05, 0) is 31.8 Å². The Labute approximate surface area is 151 Å². The highest BCUT2D eigenvalue weighted by Crippen LogP contribution is 2.22. The van der Waals surface area contributed by atoms with E-state index in [0.717, 1.165) is 38.0 Å². The first-order chi connectivity index (χ1) is 11.9. The second kappa shape index (κ2) is 8.80. The third kappa shape index (κ3) is 5.28. The van der Waals surface area contributed by atoms with E-state index in [4.69, 9.17) is 0 Å². The first-order valence-corrected chi connectivity index (χ1v) is 8.95. The molecular weight excluding hydrogens is 317 g/mol. The first-order valence-electron chi connectivity index (χ1n) is 8.95. The van der Waals surface area contributed by atoms with Crippen LogP contribution in [0.3, 0.4) is 0 Å². The molecule has 2 fully saturated rings. The fourth-order valence-corrected chi connectivity index (χ4v) is 3.73. The molecule has 2 aliphatic heterocycles. The first kappa shape index (κ1) is 19.9. The number of nitrogens with zero attached hydrogens (tertiary/aromatic N) is 2. The molecule has 0 aliphatic carbocycles. The minimum atomic E-state index is -1.46. The van der Waals surface area contributed by atoms with Crippen molar-refractivity contribution < 1.29 is 14.8 Å². The highest BCUT2D eigenvalue weighted by Gasteiger charge is 2.38. The zero-order valence-electron chi connectivity index (χ0n) is 15.2. The average Bonchev–Trinajstić information content (AvgIpc) is 3.20. The lowest BCUT2D eigenvalue weighted by Crippen LogP contribution is -2.52. The van der Waals surface area contributed by atoms with E-state index in [1.54, 1.807) is 11.0 Å². The summed E-state index contributed by atoms with van der Waals surface area (Å²) < 4.78 is 0. The zero-order chi connectivity index (χ0) is 18.4. The monoisotopic (exact) mass is 347 g/mol. The van der Waals surface area contributed by atoms with Crippen LogP contribution in [0.15, 0.2) is 37.0 Å².